The van der Waals surface area contributed by atoms with E-state index in [2.05, 4.69) is 28.2 Å². The first kappa shape index (κ1) is 16.9. The summed E-state index contributed by atoms with van der Waals surface area (Å²) in [6.45, 7) is 7.69. The van der Waals surface area contributed by atoms with Crippen molar-refractivity contribution >= 4 is 27.5 Å². The minimum Gasteiger partial charge on any atom is -0.381 e. The highest BCUT2D eigenvalue weighted by molar-refractivity contribution is 7.20. The van der Waals surface area contributed by atoms with Crippen LogP contribution in [0.4, 0.5) is 0 Å². The van der Waals surface area contributed by atoms with Crippen LogP contribution in [-0.4, -0.2) is 54.2 Å². The van der Waals surface area contributed by atoms with E-state index in [4.69, 9.17) is 4.74 Å². The van der Waals surface area contributed by atoms with Crippen molar-refractivity contribution < 1.29 is 9.53 Å². The fourth-order valence-corrected chi connectivity index (χ4v) is 4.99. The van der Waals surface area contributed by atoms with Crippen molar-refractivity contribution in [3.05, 3.63) is 28.3 Å². The van der Waals surface area contributed by atoms with E-state index in [1.54, 1.807) is 0 Å². The fourth-order valence-electron chi connectivity index (χ4n) is 3.92. The second-order valence-corrected chi connectivity index (χ2v) is 8.17. The first-order valence-corrected chi connectivity index (χ1v) is 9.93. The molecule has 1 N–H and O–H groups in total. The van der Waals surface area contributed by atoms with Gasteiger partial charge in [0.1, 0.15) is 4.83 Å². The van der Waals surface area contributed by atoms with E-state index < -0.39 is 0 Å². The summed E-state index contributed by atoms with van der Waals surface area (Å²) in [5.74, 6) is 0.0267. The Morgan fingerprint density at radius 3 is 2.84 bits per heavy atom. The molecule has 1 amide bonds. The molecule has 2 aliphatic heterocycles. The molecule has 0 radical (unpaired) electrons. The van der Waals surface area contributed by atoms with Crippen molar-refractivity contribution in [2.75, 3.05) is 26.3 Å². The smallest absolute Gasteiger partial charge is 0.261 e. The number of carbonyl (C=O) groups excluding carboxylic acids is 1. The minimum absolute atomic E-state index is 0.0267. The Hall–Kier alpha value is -1.50. The number of pyridine rings is 1. The zero-order chi connectivity index (χ0) is 17.4. The van der Waals surface area contributed by atoms with Gasteiger partial charge in [0, 0.05) is 49.5 Å². The summed E-state index contributed by atoms with van der Waals surface area (Å²) in [5.41, 5.74) is 2.18. The second kappa shape index (κ2) is 7.02. The summed E-state index contributed by atoms with van der Waals surface area (Å²) in [5, 5.41) is 4.23. The molecule has 1 unspecified atom stereocenters. The van der Waals surface area contributed by atoms with E-state index in [1.807, 2.05) is 13.0 Å². The number of nitrogens with one attached hydrogen (secondary N) is 1. The van der Waals surface area contributed by atoms with Crippen LogP contribution in [0, 0.1) is 13.8 Å². The Morgan fingerprint density at radius 2 is 2.12 bits per heavy atom. The number of hydrogen-bond acceptors (Lipinski definition) is 5. The number of nitrogens with zero attached hydrogens (tertiary/aromatic N) is 2. The molecule has 1 atom stereocenters. The molecule has 0 spiro atoms. The number of amides is 1. The van der Waals surface area contributed by atoms with E-state index >= 15 is 0 Å². The molecule has 0 aromatic carbocycles. The van der Waals surface area contributed by atoms with Gasteiger partial charge in [0.05, 0.1) is 4.88 Å². The minimum atomic E-state index is 0.0267. The van der Waals surface area contributed by atoms with Gasteiger partial charge < -0.3 is 10.1 Å². The van der Waals surface area contributed by atoms with E-state index in [-0.39, 0.29) is 5.91 Å². The van der Waals surface area contributed by atoms with Crippen LogP contribution in [0.2, 0.25) is 0 Å². The molecule has 4 heterocycles. The van der Waals surface area contributed by atoms with E-state index in [1.165, 1.54) is 23.3 Å². The Balaban J connectivity index is 1.38. The molecule has 2 aromatic heterocycles. The van der Waals surface area contributed by atoms with Crippen LogP contribution in [-0.2, 0) is 4.74 Å². The lowest BCUT2D eigenvalue weighted by Gasteiger charge is -2.47. The number of thiophene rings is 1. The van der Waals surface area contributed by atoms with Crippen LogP contribution in [0.5, 0.6) is 0 Å². The van der Waals surface area contributed by atoms with Gasteiger partial charge >= 0.3 is 0 Å². The molecular weight excluding hydrogens is 334 g/mol. The van der Waals surface area contributed by atoms with Gasteiger partial charge in [-0.2, -0.15) is 0 Å². The summed E-state index contributed by atoms with van der Waals surface area (Å²) >= 11 is 1.49. The third kappa shape index (κ3) is 3.43. The third-order valence-corrected chi connectivity index (χ3v) is 6.44. The molecule has 25 heavy (non-hydrogen) atoms. The van der Waals surface area contributed by atoms with E-state index in [9.17, 15) is 4.79 Å². The van der Waals surface area contributed by atoms with Gasteiger partial charge in [-0.1, -0.05) is 0 Å². The predicted octanol–water partition coefficient (Wildman–Crippen LogP) is 2.90. The standard InChI is InChI=1S/C19H25N3O2S/c1-12-9-13(2)21-19-16(12)10-17(25-19)18(23)20-11-15-3-6-22(15)14-4-7-24-8-5-14/h9-10,14-15H,3-8,11H2,1-2H3,(H,20,23). The molecule has 5 nitrogen and oxygen atoms in total. The third-order valence-electron chi connectivity index (χ3n) is 5.41. The lowest BCUT2D eigenvalue weighted by atomic mass is 9.95. The Kier molecular flexibility index (Phi) is 4.75. The maximum Gasteiger partial charge on any atom is 0.261 e. The highest BCUT2D eigenvalue weighted by Crippen LogP contribution is 2.28. The number of ether oxygens (including phenoxy) is 1. The number of aromatic nitrogens is 1. The van der Waals surface area contributed by atoms with Gasteiger partial charge in [0.15, 0.2) is 0 Å². The maximum atomic E-state index is 12.6. The molecule has 2 saturated heterocycles. The first-order chi connectivity index (χ1) is 12.1. The molecular formula is C19H25N3O2S. The maximum absolute atomic E-state index is 12.6. The van der Waals surface area contributed by atoms with Crippen LogP contribution in [0.1, 0.15) is 40.2 Å². The molecule has 6 heteroatoms. The summed E-state index contributed by atoms with van der Waals surface area (Å²) in [4.78, 5) is 21.4. The SMILES string of the molecule is Cc1cc(C)c2cc(C(=O)NCC3CCN3C3CCOCC3)sc2n1. The van der Waals surface area contributed by atoms with Gasteiger partial charge in [-0.3, -0.25) is 9.69 Å². The molecule has 0 bridgehead atoms. The van der Waals surface area contributed by atoms with Crippen LogP contribution >= 0.6 is 11.3 Å². The zero-order valence-corrected chi connectivity index (χ0v) is 15.7. The van der Waals surface area contributed by atoms with Crippen LogP contribution in [0.3, 0.4) is 0 Å². The Labute approximate surface area is 152 Å². The van der Waals surface area contributed by atoms with E-state index in [0.29, 0.717) is 12.1 Å². The highest BCUT2D eigenvalue weighted by Gasteiger charge is 2.34. The largest absolute Gasteiger partial charge is 0.381 e. The van der Waals surface area contributed by atoms with Gasteiger partial charge in [0.2, 0.25) is 0 Å². The first-order valence-electron chi connectivity index (χ1n) is 9.11. The fraction of sp³-hybridized carbons (Fsp3) is 0.579. The van der Waals surface area contributed by atoms with Crippen LogP contribution < -0.4 is 5.32 Å². The number of likely N-dealkylation sites (tertiary alicyclic amines) is 1. The van der Waals surface area contributed by atoms with Crippen molar-refractivity contribution in [1.82, 2.24) is 15.2 Å². The lowest BCUT2D eigenvalue weighted by molar-refractivity contribution is -0.0222. The van der Waals surface area contributed by atoms with Crippen molar-refractivity contribution in [1.29, 1.82) is 0 Å². The molecule has 2 aromatic rings. The topological polar surface area (TPSA) is 54.5 Å². The molecule has 2 fully saturated rings. The summed E-state index contributed by atoms with van der Waals surface area (Å²) < 4.78 is 5.46. The molecule has 134 valence electrons. The van der Waals surface area contributed by atoms with Crippen LogP contribution in [0.25, 0.3) is 10.2 Å². The van der Waals surface area contributed by atoms with Crippen LogP contribution in [0.15, 0.2) is 12.1 Å². The number of fused-ring (bicyclic) bond motifs is 1. The normalized spacial score (nSPS) is 22.1. The van der Waals surface area contributed by atoms with Gasteiger partial charge in [-0.05, 0) is 50.8 Å². The van der Waals surface area contributed by atoms with Gasteiger partial charge in [-0.15, -0.1) is 11.3 Å². The van der Waals surface area contributed by atoms with Crippen molar-refractivity contribution in [2.24, 2.45) is 0 Å². The number of rotatable bonds is 4. The van der Waals surface area contributed by atoms with Gasteiger partial charge in [-0.25, -0.2) is 4.98 Å². The van der Waals surface area contributed by atoms with Gasteiger partial charge in [0.25, 0.3) is 5.91 Å². The molecule has 0 aliphatic carbocycles. The van der Waals surface area contributed by atoms with E-state index in [0.717, 1.165) is 59.9 Å². The predicted molar refractivity (Wildman–Crippen MR) is 100 cm³/mol. The quantitative estimate of drug-likeness (QED) is 0.912. The van der Waals surface area contributed by atoms with Crippen molar-refractivity contribution in [3.63, 3.8) is 0 Å². The average molecular weight is 359 g/mol. The molecule has 4 rings (SSSR count). The Morgan fingerprint density at radius 1 is 1.32 bits per heavy atom. The summed E-state index contributed by atoms with van der Waals surface area (Å²) in [7, 11) is 0. The summed E-state index contributed by atoms with van der Waals surface area (Å²) in [6.07, 6.45) is 3.40. The summed E-state index contributed by atoms with van der Waals surface area (Å²) in [6, 6.07) is 5.15. The number of hydrogen-bond donors (Lipinski definition) is 1. The van der Waals surface area contributed by atoms with Crippen molar-refractivity contribution in [2.45, 2.75) is 45.2 Å². The second-order valence-electron chi connectivity index (χ2n) is 7.14. The monoisotopic (exact) mass is 359 g/mol. The highest BCUT2D eigenvalue weighted by atomic mass is 32.1. The lowest BCUT2D eigenvalue weighted by Crippen LogP contribution is -2.58. The van der Waals surface area contributed by atoms with Crippen molar-refractivity contribution in [3.8, 4) is 0 Å². The molecule has 2 aliphatic rings. The zero-order valence-electron chi connectivity index (χ0n) is 14.9. The number of aryl methyl sites for hydroxylation is 2. The Bertz CT molecular complexity index is 782. The molecule has 0 saturated carbocycles. The number of carbonyl (C=O) groups is 1. The average Bonchev–Trinajstić information content (AvgIpc) is 2.99.